The Bertz CT molecular complexity index is 677. The third kappa shape index (κ3) is 2.25. The molecular formula is C12H8Br2. The van der Waals surface area contributed by atoms with E-state index in [-0.39, 0.29) is 38.2 Å². The van der Waals surface area contributed by atoms with Gasteiger partial charge in [-0.2, -0.15) is 0 Å². The molecule has 0 nitrogen and oxygen atoms in total. The smallest absolute Gasteiger partial charge is 0.0622 e. The molecule has 0 saturated carbocycles. The number of rotatable bonds is 1. The minimum absolute atomic E-state index is 0.0807. The Labute approximate surface area is 111 Å². The molecule has 14 heavy (non-hydrogen) atoms. The van der Waals surface area contributed by atoms with E-state index in [1.54, 1.807) is 0 Å². The molecule has 0 bridgehead atoms. The molecule has 2 heteroatoms. The van der Waals surface area contributed by atoms with E-state index in [2.05, 4.69) is 31.9 Å². The molecule has 0 amide bonds. The summed E-state index contributed by atoms with van der Waals surface area (Å²) in [7, 11) is 0. The molecule has 0 aliphatic rings. The van der Waals surface area contributed by atoms with Crippen molar-refractivity contribution < 1.29 is 11.0 Å². The molecule has 0 aromatic heterocycles. The molecule has 0 N–H and O–H groups in total. The van der Waals surface area contributed by atoms with Gasteiger partial charge in [0.05, 0.1) is 11.0 Å². The van der Waals surface area contributed by atoms with E-state index in [1.807, 2.05) is 0 Å². The fourth-order valence-corrected chi connectivity index (χ4v) is 1.97. The van der Waals surface area contributed by atoms with Crippen molar-refractivity contribution in [1.29, 1.82) is 0 Å². The van der Waals surface area contributed by atoms with E-state index in [9.17, 15) is 0 Å². The largest absolute Gasteiger partial charge is 0.0647 e. The Morgan fingerprint density at radius 1 is 0.786 bits per heavy atom. The molecule has 0 heterocycles. The van der Waals surface area contributed by atoms with Crippen molar-refractivity contribution in [2.24, 2.45) is 0 Å². The van der Waals surface area contributed by atoms with E-state index in [1.165, 1.54) is 0 Å². The van der Waals surface area contributed by atoms with Gasteiger partial charge in [-0.15, -0.1) is 0 Å². The maximum atomic E-state index is 8.06. The highest BCUT2D eigenvalue weighted by atomic mass is 79.9. The van der Waals surface area contributed by atoms with Crippen molar-refractivity contribution in [3.63, 3.8) is 0 Å². The van der Waals surface area contributed by atoms with E-state index in [0.29, 0.717) is 0 Å². The first-order chi connectivity index (χ1) is 10.1. The average Bonchev–Trinajstić information content (AvgIpc) is 2.50. The molecule has 0 spiro atoms. The summed E-state index contributed by atoms with van der Waals surface area (Å²) in [5.41, 5.74) is -0.339. The number of halogens is 2. The van der Waals surface area contributed by atoms with Crippen LogP contribution >= 0.6 is 31.9 Å². The van der Waals surface area contributed by atoms with Gasteiger partial charge in [-0.25, -0.2) is 0 Å². The van der Waals surface area contributed by atoms with Gasteiger partial charge in [0.15, 0.2) is 0 Å². The summed E-state index contributed by atoms with van der Waals surface area (Å²) in [5.74, 6) is 0. The minimum atomic E-state index is -0.535. The molecule has 0 atom stereocenters. The average molecular weight is 320 g/mol. The monoisotopic (exact) mass is 318 g/mol. The van der Waals surface area contributed by atoms with E-state index in [4.69, 9.17) is 11.0 Å². The Hall–Kier alpha value is -0.600. The minimum Gasteiger partial charge on any atom is -0.0622 e. The van der Waals surface area contributed by atoms with E-state index < -0.39 is 30.2 Å². The lowest BCUT2D eigenvalue weighted by Crippen LogP contribution is -1.77. The van der Waals surface area contributed by atoms with Crippen LogP contribution in [0.15, 0.2) is 57.3 Å². The Balaban J connectivity index is 3.03. The van der Waals surface area contributed by atoms with Crippen LogP contribution in [0.4, 0.5) is 0 Å². The lowest BCUT2D eigenvalue weighted by Gasteiger charge is -2.02. The maximum absolute atomic E-state index is 8.06. The number of benzene rings is 2. The second kappa shape index (κ2) is 4.28. The first-order valence-corrected chi connectivity index (χ1v) is 5.21. The van der Waals surface area contributed by atoms with Gasteiger partial charge < -0.3 is 0 Å². The van der Waals surface area contributed by atoms with Gasteiger partial charge in [-0.3, -0.25) is 0 Å². The molecule has 0 aliphatic carbocycles. The quantitative estimate of drug-likeness (QED) is 0.703. The van der Waals surface area contributed by atoms with Crippen molar-refractivity contribution in [3.05, 3.63) is 57.3 Å². The zero-order valence-corrected chi connectivity index (χ0v) is 9.93. The van der Waals surface area contributed by atoms with Crippen LogP contribution in [-0.4, -0.2) is 0 Å². The Kier molecular flexibility index (Phi) is 1.26. The molecule has 2 aromatic rings. The SMILES string of the molecule is [2H]c1c([2H])c([2H])c(-c2c([2H])c(Br)c([2H])c(Br)c2[2H])c([2H])c1[2H]. The molecule has 2 aromatic carbocycles. The van der Waals surface area contributed by atoms with Gasteiger partial charge in [-0.05, 0) is 29.3 Å². The second-order valence-electron chi connectivity index (χ2n) is 2.38. The summed E-state index contributed by atoms with van der Waals surface area (Å²) in [6.45, 7) is 0. The zero-order valence-electron chi connectivity index (χ0n) is 14.8. The normalized spacial score (nSPS) is 18.1. The topological polar surface area (TPSA) is 0 Å². The van der Waals surface area contributed by atoms with Crippen molar-refractivity contribution >= 4 is 31.9 Å². The van der Waals surface area contributed by atoms with Gasteiger partial charge in [0, 0.05) is 8.95 Å². The third-order valence-corrected chi connectivity index (χ3v) is 2.23. The van der Waals surface area contributed by atoms with Crippen LogP contribution in [0.5, 0.6) is 0 Å². The fraction of sp³-hybridized carbons (Fsp3) is 0. The second-order valence-corrected chi connectivity index (χ2v) is 3.96. The lowest BCUT2D eigenvalue weighted by molar-refractivity contribution is 1.56. The van der Waals surface area contributed by atoms with Crippen LogP contribution in [0.25, 0.3) is 11.1 Å². The highest BCUT2D eigenvalue weighted by Crippen LogP contribution is 2.27. The first kappa shape index (κ1) is 4.11. The van der Waals surface area contributed by atoms with Gasteiger partial charge in [0.25, 0.3) is 0 Å². The lowest BCUT2D eigenvalue weighted by atomic mass is 10.1. The molecule has 0 saturated heterocycles. The Morgan fingerprint density at radius 3 is 1.93 bits per heavy atom. The third-order valence-electron chi connectivity index (χ3n) is 1.44. The maximum Gasteiger partial charge on any atom is 0.0647 e. The van der Waals surface area contributed by atoms with Gasteiger partial charge in [-0.1, -0.05) is 62.1 Å². The van der Waals surface area contributed by atoms with Crippen molar-refractivity contribution in [2.45, 2.75) is 0 Å². The summed E-state index contributed by atoms with van der Waals surface area (Å²) in [4.78, 5) is 0. The van der Waals surface area contributed by atoms with Gasteiger partial charge in [0.2, 0.25) is 0 Å². The van der Waals surface area contributed by atoms with Crippen LogP contribution in [-0.2, 0) is 0 Å². The number of hydrogen-bond acceptors (Lipinski definition) is 0. The van der Waals surface area contributed by atoms with Crippen LogP contribution in [0.2, 0.25) is 0 Å². The molecule has 0 unspecified atom stereocenters. The predicted molar refractivity (Wildman–Crippen MR) is 67.3 cm³/mol. The van der Waals surface area contributed by atoms with E-state index >= 15 is 0 Å². The molecule has 0 radical (unpaired) electrons. The van der Waals surface area contributed by atoms with Gasteiger partial charge in [0.1, 0.15) is 0 Å². The highest BCUT2D eigenvalue weighted by molar-refractivity contribution is 9.11. The predicted octanol–water partition coefficient (Wildman–Crippen LogP) is 4.88. The number of hydrogen-bond donors (Lipinski definition) is 0. The highest BCUT2D eigenvalue weighted by Gasteiger charge is 1.99. The molecule has 0 fully saturated rings. The molecule has 0 aliphatic heterocycles. The summed E-state index contributed by atoms with van der Waals surface area (Å²) in [6, 6.07) is -3.20. The summed E-state index contributed by atoms with van der Waals surface area (Å²) in [5, 5.41) is 0. The van der Waals surface area contributed by atoms with E-state index in [0.717, 1.165) is 0 Å². The van der Waals surface area contributed by atoms with Crippen LogP contribution in [0.1, 0.15) is 11.0 Å². The summed E-state index contributed by atoms with van der Waals surface area (Å²) in [6.07, 6.45) is 0. The van der Waals surface area contributed by atoms with Crippen LogP contribution < -0.4 is 0 Å². The first-order valence-electron chi connectivity index (χ1n) is 7.63. The van der Waals surface area contributed by atoms with Crippen LogP contribution in [0, 0.1) is 0 Å². The van der Waals surface area contributed by atoms with Crippen molar-refractivity contribution in [3.8, 4) is 11.1 Å². The fourth-order valence-electron chi connectivity index (χ4n) is 0.910. The summed E-state index contributed by atoms with van der Waals surface area (Å²) < 4.78 is 62.9. The molecule has 70 valence electrons. The molecular weight excluding hydrogens is 304 g/mol. The zero-order chi connectivity index (χ0) is 16.9. The summed E-state index contributed by atoms with van der Waals surface area (Å²) >= 11 is 6.14. The standard InChI is InChI=1S/C12H8Br2/c13-11-6-10(7-12(14)8-11)9-4-2-1-3-5-9/h1-8H/i1D,2D,3D,4D,5D,6D,7D,8D. The van der Waals surface area contributed by atoms with Crippen LogP contribution in [0.3, 0.4) is 0 Å². The van der Waals surface area contributed by atoms with Crippen molar-refractivity contribution in [1.82, 2.24) is 0 Å². The van der Waals surface area contributed by atoms with Crippen molar-refractivity contribution in [2.75, 3.05) is 0 Å². The Morgan fingerprint density at radius 2 is 1.36 bits per heavy atom. The molecule has 2 rings (SSSR count). The van der Waals surface area contributed by atoms with Gasteiger partial charge >= 0.3 is 0 Å².